The normalized spacial score (nSPS) is 16.6. The number of benzene rings is 1. The van der Waals surface area contributed by atoms with Gasteiger partial charge in [0.05, 0.1) is 30.3 Å². The molecule has 1 aliphatic rings. The fraction of sp³-hybridized carbons (Fsp3) is 0.368. The fourth-order valence-corrected chi connectivity index (χ4v) is 3.09. The van der Waals surface area contributed by atoms with Crippen molar-refractivity contribution in [3.05, 3.63) is 47.3 Å². The van der Waals surface area contributed by atoms with Gasteiger partial charge in [-0.1, -0.05) is 0 Å². The molecule has 2 amide bonds. The van der Waals surface area contributed by atoms with Crippen molar-refractivity contribution in [3.63, 3.8) is 0 Å². The van der Waals surface area contributed by atoms with Crippen molar-refractivity contribution in [3.8, 4) is 5.69 Å². The van der Waals surface area contributed by atoms with E-state index in [1.165, 1.54) is 17.8 Å². The van der Waals surface area contributed by atoms with E-state index in [-0.39, 0.29) is 23.5 Å². The second kappa shape index (κ2) is 8.22. The summed E-state index contributed by atoms with van der Waals surface area (Å²) >= 11 is 0. The maximum atomic E-state index is 12.8. The lowest BCUT2D eigenvalue weighted by Gasteiger charge is -2.33. The van der Waals surface area contributed by atoms with Gasteiger partial charge < -0.3 is 20.1 Å². The zero-order valence-electron chi connectivity index (χ0n) is 15.7. The number of nitrogens with zero attached hydrogens (tertiary/aromatic N) is 3. The van der Waals surface area contributed by atoms with E-state index < -0.39 is 5.97 Å². The Morgan fingerprint density at radius 3 is 2.61 bits per heavy atom. The third kappa shape index (κ3) is 4.20. The molecule has 0 radical (unpaired) electrons. The Hall–Kier alpha value is -3.20. The van der Waals surface area contributed by atoms with E-state index >= 15 is 0 Å². The van der Waals surface area contributed by atoms with E-state index in [2.05, 4.69) is 10.4 Å². The van der Waals surface area contributed by atoms with E-state index in [1.54, 1.807) is 36.1 Å². The molecule has 0 spiro atoms. The summed E-state index contributed by atoms with van der Waals surface area (Å²) in [6.45, 7) is 4.78. The maximum absolute atomic E-state index is 12.8. The Morgan fingerprint density at radius 2 is 2.00 bits per heavy atom. The lowest BCUT2D eigenvalue weighted by atomic mass is 10.1. The van der Waals surface area contributed by atoms with Gasteiger partial charge in [-0.2, -0.15) is 5.10 Å². The Balaban J connectivity index is 1.70. The Kier molecular flexibility index (Phi) is 5.74. The summed E-state index contributed by atoms with van der Waals surface area (Å²) in [6, 6.07) is 6.84. The molecule has 0 saturated carbocycles. The van der Waals surface area contributed by atoms with Gasteiger partial charge in [-0.25, -0.2) is 9.48 Å². The maximum Gasteiger partial charge on any atom is 0.339 e. The first-order valence-corrected chi connectivity index (χ1v) is 8.90. The number of carbonyl (C=O) groups excluding carboxylic acids is 2. The van der Waals surface area contributed by atoms with Gasteiger partial charge in [0.2, 0.25) is 5.91 Å². The standard InChI is InChI=1S/C19H22N4O5/c1-12-17(19(26)27)10-21-23(12)15-5-3-14(4-6-15)18(25)22-7-8-28-16(11-22)9-20-13(2)24/h3-6,10,16H,7-9,11H2,1-2H3,(H,20,24)(H,26,27). The van der Waals surface area contributed by atoms with E-state index in [1.807, 2.05) is 0 Å². The summed E-state index contributed by atoms with van der Waals surface area (Å²) in [5, 5.41) is 15.9. The van der Waals surface area contributed by atoms with Gasteiger partial charge in [-0.05, 0) is 31.2 Å². The topological polar surface area (TPSA) is 114 Å². The molecule has 1 aromatic carbocycles. The zero-order chi connectivity index (χ0) is 20.3. The lowest BCUT2D eigenvalue weighted by Crippen LogP contribution is -2.49. The molecule has 1 saturated heterocycles. The van der Waals surface area contributed by atoms with Crippen molar-refractivity contribution in [2.75, 3.05) is 26.2 Å². The highest BCUT2D eigenvalue weighted by atomic mass is 16.5. The summed E-state index contributed by atoms with van der Waals surface area (Å²) in [4.78, 5) is 36.7. The highest BCUT2D eigenvalue weighted by molar-refractivity contribution is 5.94. The van der Waals surface area contributed by atoms with Crippen molar-refractivity contribution in [2.24, 2.45) is 0 Å². The molecule has 1 fully saturated rings. The van der Waals surface area contributed by atoms with Crippen LogP contribution in [0, 0.1) is 6.92 Å². The molecule has 2 heterocycles. The summed E-state index contributed by atoms with van der Waals surface area (Å²) in [5.74, 6) is -1.29. The van der Waals surface area contributed by atoms with Crippen LogP contribution in [-0.4, -0.2) is 69.9 Å². The third-order valence-corrected chi connectivity index (χ3v) is 4.60. The average molecular weight is 386 g/mol. The lowest BCUT2D eigenvalue weighted by molar-refractivity contribution is -0.120. The van der Waals surface area contributed by atoms with Crippen LogP contribution < -0.4 is 5.32 Å². The van der Waals surface area contributed by atoms with Gasteiger partial charge in [0.25, 0.3) is 5.91 Å². The molecule has 2 aromatic rings. The number of aromatic nitrogens is 2. The molecule has 148 valence electrons. The van der Waals surface area contributed by atoms with Crippen LogP contribution in [0.4, 0.5) is 0 Å². The predicted octanol–water partition coefficient (Wildman–Crippen LogP) is 0.856. The zero-order valence-corrected chi connectivity index (χ0v) is 15.7. The van der Waals surface area contributed by atoms with Crippen LogP contribution in [0.5, 0.6) is 0 Å². The van der Waals surface area contributed by atoms with Crippen molar-refractivity contribution >= 4 is 17.8 Å². The van der Waals surface area contributed by atoms with Crippen molar-refractivity contribution in [2.45, 2.75) is 20.0 Å². The van der Waals surface area contributed by atoms with E-state index in [4.69, 9.17) is 9.84 Å². The number of carboxylic acid groups (broad SMARTS) is 1. The van der Waals surface area contributed by atoms with Crippen LogP contribution in [0.1, 0.15) is 33.3 Å². The number of rotatable bonds is 5. The number of nitrogens with one attached hydrogen (secondary N) is 1. The second-order valence-corrected chi connectivity index (χ2v) is 6.59. The number of carboxylic acids is 1. The van der Waals surface area contributed by atoms with Crippen LogP contribution in [0.2, 0.25) is 0 Å². The van der Waals surface area contributed by atoms with Gasteiger partial charge in [-0.15, -0.1) is 0 Å². The molecule has 1 aliphatic heterocycles. The van der Waals surface area contributed by atoms with Gasteiger partial charge in [-0.3, -0.25) is 9.59 Å². The highest BCUT2D eigenvalue weighted by Crippen LogP contribution is 2.17. The van der Waals surface area contributed by atoms with Gasteiger partial charge in [0, 0.05) is 32.1 Å². The van der Waals surface area contributed by atoms with E-state index in [0.717, 1.165) is 0 Å². The number of hydrogen-bond acceptors (Lipinski definition) is 5. The molecule has 1 unspecified atom stereocenters. The van der Waals surface area contributed by atoms with Crippen LogP contribution >= 0.6 is 0 Å². The average Bonchev–Trinajstić information content (AvgIpc) is 3.08. The largest absolute Gasteiger partial charge is 0.478 e. The first-order chi connectivity index (χ1) is 13.4. The number of morpholine rings is 1. The van der Waals surface area contributed by atoms with Crippen molar-refractivity contribution in [1.29, 1.82) is 0 Å². The third-order valence-electron chi connectivity index (χ3n) is 4.60. The number of carbonyl (C=O) groups is 3. The minimum Gasteiger partial charge on any atom is -0.478 e. The van der Waals surface area contributed by atoms with Gasteiger partial charge >= 0.3 is 5.97 Å². The second-order valence-electron chi connectivity index (χ2n) is 6.59. The number of amides is 2. The highest BCUT2D eigenvalue weighted by Gasteiger charge is 2.25. The summed E-state index contributed by atoms with van der Waals surface area (Å²) in [5.41, 5.74) is 1.85. The first kappa shape index (κ1) is 19.6. The van der Waals surface area contributed by atoms with Crippen LogP contribution in [-0.2, 0) is 9.53 Å². The summed E-state index contributed by atoms with van der Waals surface area (Å²) in [6.07, 6.45) is 1.07. The van der Waals surface area contributed by atoms with Gasteiger partial charge in [0.1, 0.15) is 5.56 Å². The molecule has 0 bridgehead atoms. The molecular formula is C19H22N4O5. The molecule has 3 rings (SSSR count). The van der Waals surface area contributed by atoms with Crippen molar-refractivity contribution < 1.29 is 24.2 Å². The monoisotopic (exact) mass is 386 g/mol. The van der Waals surface area contributed by atoms with E-state index in [0.29, 0.717) is 43.2 Å². The van der Waals surface area contributed by atoms with Crippen LogP contribution in [0.3, 0.4) is 0 Å². The Bertz CT molecular complexity index is 890. The molecule has 2 N–H and O–H groups in total. The molecule has 1 aromatic heterocycles. The van der Waals surface area contributed by atoms with E-state index in [9.17, 15) is 14.4 Å². The smallest absolute Gasteiger partial charge is 0.339 e. The fourth-order valence-electron chi connectivity index (χ4n) is 3.09. The Labute approximate surface area is 161 Å². The predicted molar refractivity (Wildman–Crippen MR) is 99.6 cm³/mol. The minimum atomic E-state index is -1.03. The molecule has 0 aliphatic carbocycles. The van der Waals surface area contributed by atoms with Crippen molar-refractivity contribution in [1.82, 2.24) is 20.0 Å². The molecule has 9 nitrogen and oxygen atoms in total. The molecule has 28 heavy (non-hydrogen) atoms. The number of hydrogen-bond donors (Lipinski definition) is 2. The Morgan fingerprint density at radius 1 is 1.29 bits per heavy atom. The van der Waals surface area contributed by atoms with Gasteiger partial charge in [0.15, 0.2) is 0 Å². The molecule has 9 heteroatoms. The SMILES string of the molecule is CC(=O)NCC1CN(C(=O)c2ccc(-n3ncc(C(=O)O)c3C)cc2)CCO1. The minimum absolute atomic E-state index is 0.119. The number of ether oxygens (including phenoxy) is 1. The van der Waals surface area contributed by atoms with Crippen LogP contribution in [0.15, 0.2) is 30.5 Å². The quantitative estimate of drug-likeness (QED) is 0.788. The van der Waals surface area contributed by atoms with Crippen LogP contribution in [0.25, 0.3) is 5.69 Å². The number of aromatic carboxylic acids is 1. The molecule has 1 atom stereocenters. The first-order valence-electron chi connectivity index (χ1n) is 8.90. The summed E-state index contributed by atoms with van der Waals surface area (Å²) < 4.78 is 7.11. The molecular weight excluding hydrogens is 364 g/mol. The summed E-state index contributed by atoms with van der Waals surface area (Å²) in [7, 11) is 0.